The summed E-state index contributed by atoms with van der Waals surface area (Å²) in [6, 6.07) is 5.73. The van der Waals surface area contributed by atoms with E-state index in [1.54, 1.807) is 27.0 Å². The molecule has 1 fully saturated rings. The van der Waals surface area contributed by atoms with E-state index in [0.717, 1.165) is 18.9 Å². The number of aliphatic hydroxyl groups is 1. The van der Waals surface area contributed by atoms with Gasteiger partial charge >= 0.3 is 0 Å². The minimum absolute atomic E-state index is 0.0298. The number of alkyl halides is 2. The predicted octanol–water partition coefficient (Wildman–Crippen LogP) is 5.15. The summed E-state index contributed by atoms with van der Waals surface area (Å²) >= 11 is 0. The molecule has 0 radical (unpaired) electrons. The number of methoxy groups -OCH3 is 2. The smallest absolute Gasteiger partial charge is 0.298 e. The van der Waals surface area contributed by atoms with Crippen LogP contribution in [0, 0.1) is 18.2 Å². The number of aryl methyl sites for hydroxylation is 1. The molecule has 0 spiro atoms. The van der Waals surface area contributed by atoms with Crippen molar-refractivity contribution < 1.29 is 36.6 Å². The first-order chi connectivity index (χ1) is 18.3. The number of fused-ring (bicyclic) bond motifs is 1. The second-order valence-electron chi connectivity index (χ2n) is 9.20. The zero-order valence-electron chi connectivity index (χ0n) is 23.2. The Morgan fingerprint density at radius 2 is 2.00 bits per heavy atom. The van der Waals surface area contributed by atoms with Crippen LogP contribution in [-0.2, 0) is 10.7 Å². The third kappa shape index (κ3) is 5.19. The topological polar surface area (TPSA) is 85.7 Å². The van der Waals surface area contributed by atoms with E-state index in [2.05, 4.69) is 15.3 Å². The second kappa shape index (κ2) is 10.1. The van der Waals surface area contributed by atoms with Crippen LogP contribution in [0.2, 0.25) is 0 Å². The van der Waals surface area contributed by atoms with Crippen molar-refractivity contribution in [2.24, 2.45) is 5.41 Å². The number of hydrogen-bond acceptors (Lipinski definition) is 7. The van der Waals surface area contributed by atoms with E-state index in [1.165, 1.54) is 18.2 Å². The molecule has 1 aromatic heterocycles. The molecule has 10 heteroatoms. The minimum Gasteiger partial charge on any atom is -0.493 e. The zero-order chi connectivity index (χ0) is 28.6. The van der Waals surface area contributed by atoms with Crippen LogP contribution in [0.15, 0.2) is 30.3 Å². The molecule has 3 aromatic rings. The van der Waals surface area contributed by atoms with Gasteiger partial charge in [-0.3, -0.25) is 0 Å². The molecule has 1 heterocycles. The Bertz CT molecular complexity index is 1350. The fraction of sp³-hybridized carbons (Fsp3) is 0.462. The van der Waals surface area contributed by atoms with E-state index in [1.807, 2.05) is 0 Å². The third-order valence-electron chi connectivity index (χ3n) is 6.37. The summed E-state index contributed by atoms with van der Waals surface area (Å²) in [4.78, 5) is 8.80. The molecule has 194 valence electrons. The van der Waals surface area contributed by atoms with Crippen LogP contribution in [0.5, 0.6) is 11.5 Å². The van der Waals surface area contributed by atoms with Crippen LogP contribution >= 0.6 is 0 Å². The second-order valence-corrected chi connectivity index (χ2v) is 9.20. The third-order valence-corrected chi connectivity index (χ3v) is 6.37. The fourth-order valence-corrected chi connectivity index (χ4v) is 4.13. The van der Waals surface area contributed by atoms with Gasteiger partial charge in [0.05, 0.1) is 41.5 Å². The van der Waals surface area contributed by atoms with Crippen molar-refractivity contribution in [1.29, 1.82) is 0 Å². The van der Waals surface area contributed by atoms with Crippen LogP contribution in [0.25, 0.3) is 10.9 Å². The van der Waals surface area contributed by atoms with E-state index in [4.69, 9.17) is 23.4 Å². The zero-order valence-corrected chi connectivity index (χ0v) is 20.2. The number of nitrogens with one attached hydrogen (secondary N) is 1. The first-order valence-corrected chi connectivity index (χ1v) is 11.4. The van der Waals surface area contributed by atoms with Gasteiger partial charge in [-0.2, -0.15) is 8.78 Å². The number of aliphatic hydroxyl groups excluding tert-OH is 1. The highest BCUT2D eigenvalue weighted by Gasteiger charge is 2.44. The van der Waals surface area contributed by atoms with Gasteiger partial charge in [-0.1, -0.05) is 12.1 Å². The Balaban J connectivity index is 1.73. The maximum absolute atomic E-state index is 15.1. The molecular weight excluding hydrogens is 475 g/mol. The quantitative estimate of drug-likeness (QED) is 0.371. The van der Waals surface area contributed by atoms with Gasteiger partial charge in [-0.15, -0.1) is 0 Å². The standard InChI is InChI=1S/C26H30F3N3O4/c1-15(17-6-5-7-19(23(17)27)26(28,29)12-33)30-24-18-10-22(36-14-25(8-9-25)13-34-3)21(35-4)11-20(18)31-16(2)32-24/h5-7,10-11,15,33H,8-9,12-14H2,1-4H3,(H,30,31,32)/t15-/m1/s1/i4D3. The highest BCUT2D eigenvalue weighted by Crippen LogP contribution is 2.47. The van der Waals surface area contributed by atoms with Gasteiger partial charge < -0.3 is 24.6 Å². The van der Waals surface area contributed by atoms with Gasteiger partial charge in [-0.05, 0) is 38.8 Å². The number of hydrogen-bond donors (Lipinski definition) is 2. The van der Waals surface area contributed by atoms with Gasteiger partial charge in [-0.25, -0.2) is 14.4 Å². The van der Waals surface area contributed by atoms with Gasteiger partial charge in [0.15, 0.2) is 11.5 Å². The van der Waals surface area contributed by atoms with Crippen LogP contribution in [0.3, 0.4) is 0 Å². The maximum atomic E-state index is 15.1. The molecule has 4 rings (SSSR count). The van der Waals surface area contributed by atoms with Crippen molar-refractivity contribution in [3.63, 3.8) is 0 Å². The lowest BCUT2D eigenvalue weighted by Gasteiger charge is -2.21. The molecule has 1 saturated carbocycles. The highest BCUT2D eigenvalue weighted by molar-refractivity contribution is 5.92. The number of anilines is 1. The Hall–Kier alpha value is -3.11. The summed E-state index contributed by atoms with van der Waals surface area (Å²) in [5.41, 5.74) is -0.798. The fourth-order valence-electron chi connectivity index (χ4n) is 4.13. The Kier molecular flexibility index (Phi) is 6.20. The summed E-state index contributed by atoms with van der Waals surface area (Å²) < 4.78 is 82.5. The highest BCUT2D eigenvalue weighted by atomic mass is 19.3. The summed E-state index contributed by atoms with van der Waals surface area (Å²) in [5, 5.41) is 12.5. The predicted molar refractivity (Wildman–Crippen MR) is 129 cm³/mol. The van der Waals surface area contributed by atoms with Gasteiger partial charge in [0.25, 0.3) is 5.92 Å². The largest absolute Gasteiger partial charge is 0.493 e. The van der Waals surface area contributed by atoms with Crippen LogP contribution in [0.1, 0.15) is 46.9 Å². The van der Waals surface area contributed by atoms with E-state index in [-0.39, 0.29) is 34.9 Å². The van der Waals surface area contributed by atoms with Crippen LogP contribution in [0.4, 0.5) is 19.0 Å². The lowest BCUT2D eigenvalue weighted by Crippen LogP contribution is -2.22. The molecule has 0 unspecified atom stereocenters. The van der Waals surface area contributed by atoms with Crippen LogP contribution in [-0.4, -0.2) is 49.0 Å². The Morgan fingerprint density at radius 1 is 1.22 bits per heavy atom. The average Bonchev–Trinajstić information content (AvgIpc) is 3.61. The number of ether oxygens (including phenoxy) is 3. The molecule has 0 amide bonds. The van der Waals surface area contributed by atoms with Gasteiger partial charge in [0.1, 0.15) is 24.1 Å². The van der Waals surface area contributed by atoms with E-state index >= 15 is 4.39 Å². The number of aromatic nitrogens is 2. The first-order valence-electron chi connectivity index (χ1n) is 12.9. The molecule has 2 aromatic carbocycles. The molecule has 0 aliphatic heterocycles. The van der Waals surface area contributed by atoms with E-state index < -0.39 is 37.0 Å². The van der Waals surface area contributed by atoms with Crippen molar-refractivity contribution in [2.45, 2.75) is 38.7 Å². The average molecular weight is 509 g/mol. The molecule has 36 heavy (non-hydrogen) atoms. The summed E-state index contributed by atoms with van der Waals surface area (Å²) in [7, 11) is -1.14. The number of rotatable bonds is 11. The minimum atomic E-state index is -3.74. The van der Waals surface area contributed by atoms with Crippen LogP contribution < -0.4 is 14.8 Å². The van der Waals surface area contributed by atoms with Crippen molar-refractivity contribution in [2.75, 3.05) is 39.3 Å². The molecular formula is C26H30F3N3O4. The molecule has 2 N–H and O–H groups in total. The summed E-state index contributed by atoms with van der Waals surface area (Å²) in [6.07, 6.45) is 1.80. The Labute approximate surface area is 211 Å². The lowest BCUT2D eigenvalue weighted by atomic mass is 10.00. The van der Waals surface area contributed by atoms with Crippen molar-refractivity contribution in [3.8, 4) is 11.5 Å². The van der Waals surface area contributed by atoms with Crippen molar-refractivity contribution in [3.05, 3.63) is 53.1 Å². The Morgan fingerprint density at radius 3 is 2.67 bits per heavy atom. The molecule has 0 bridgehead atoms. The summed E-state index contributed by atoms with van der Waals surface area (Å²) in [6.45, 7) is 2.43. The normalized spacial score (nSPS) is 17.1. The van der Waals surface area contributed by atoms with E-state index in [0.29, 0.717) is 23.3 Å². The first kappa shape index (κ1) is 22.1. The number of halogens is 3. The maximum Gasteiger partial charge on any atom is 0.298 e. The number of nitrogens with zero attached hydrogens (tertiary/aromatic N) is 2. The molecule has 7 nitrogen and oxygen atoms in total. The van der Waals surface area contributed by atoms with Crippen molar-refractivity contribution >= 4 is 16.7 Å². The monoisotopic (exact) mass is 508 g/mol. The lowest BCUT2D eigenvalue weighted by molar-refractivity contribution is -0.0583. The molecule has 1 atom stereocenters. The number of benzene rings is 2. The van der Waals surface area contributed by atoms with Gasteiger partial charge in [0, 0.05) is 29.5 Å². The van der Waals surface area contributed by atoms with Crippen molar-refractivity contribution in [1.82, 2.24) is 9.97 Å². The van der Waals surface area contributed by atoms with E-state index in [9.17, 15) is 8.78 Å². The van der Waals surface area contributed by atoms with Gasteiger partial charge in [0.2, 0.25) is 0 Å². The SMILES string of the molecule is [2H]C([2H])([2H])Oc1cc2nc(C)nc(N[C@H](C)c3cccc(C(F)(F)CO)c3F)c2cc1OCC1(COC)CC1. The summed E-state index contributed by atoms with van der Waals surface area (Å²) in [5.74, 6) is -4.18. The molecule has 1 aliphatic rings. The molecule has 0 saturated heterocycles. The molecule has 1 aliphatic carbocycles.